The highest BCUT2D eigenvalue weighted by molar-refractivity contribution is 5.51. The van der Waals surface area contributed by atoms with E-state index in [9.17, 15) is 0 Å². The smallest absolute Gasteiger partial charge is 0.196 e. The molecule has 0 unspecified atom stereocenters. The van der Waals surface area contributed by atoms with Crippen LogP contribution in [0.25, 0.3) is 5.65 Å². The molecule has 0 atom stereocenters. The van der Waals surface area contributed by atoms with E-state index in [-0.39, 0.29) is 5.75 Å². The molecule has 0 aliphatic rings. The zero-order chi connectivity index (χ0) is 6.97. The van der Waals surface area contributed by atoms with Gasteiger partial charge in [-0.3, -0.25) is 0 Å². The van der Waals surface area contributed by atoms with Gasteiger partial charge in [0.15, 0.2) is 11.4 Å². The number of nitrogens with zero attached hydrogens (tertiary/aromatic N) is 3. The number of hydrogen-bond acceptors (Lipinski definition) is 3. The van der Waals surface area contributed by atoms with Gasteiger partial charge in [-0.1, -0.05) is 0 Å². The molecule has 0 aliphatic heterocycles. The Bertz CT molecular complexity index is 355. The van der Waals surface area contributed by atoms with E-state index in [0.29, 0.717) is 5.65 Å². The maximum atomic E-state index is 9.09. The molecule has 10 heavy (non-hydrogen) atoms. The lowest BCUT2D eigenvalue weighted by atomic mass is 10.6. The predicted octanol–water partition coefficient (Wildman–Crippen LogP) is 0.435. The fourth-order valence-electron chi connectivity index (χ4n) is 0.828. The molecule has 2 aromatic heterocycles. The molecule has 0 aliphatic carbocycles. The van der Waals surface area contributed by atoms with Crippen LogP contribution in [0, 0.1) is 0 Å². The monoisotopic (exact) mass is 135 g/mol. The van der Waals surface area contributed by atoms with E-state index < -0.39 is 0 Å². The zero-order valence-corrected chi connectivity index (χ0v) is 5.10. The molecule has 0 saturated carbocycles. The molecule has 0 bridgehead atoms. The molecular weight excluding hydrogens is 130 g/mol. The maximum Gasteiger partial charge on any atom is 0.196 e. The lowest BCUT2D eigenvalue weighted by molar-refractivity contribution is 0.480. The van der Waals surface area contributed by atoms with Crippen LogP contribution >= 0.6 is 0 Å². The van der Waals surface area contributed by atoms with E-state index in [4.69, 9.17) is 5.11 Å². The summed E-state index contributed by atoms with van der Waals surface area (Å²) in [7, 11) is 0. The van der Waals surface area contributed by atoms with Crippen LogP contribution in [0.3, 0.4) is 0 Å². The van der Waals surface area contributed by atoms with Gasteiger partial charge in [-0.15, -0.1) is 0 Å². The van der Waals surface area contributed by atoms with E-state index in [1.165, 1.54) is 10.7 Å². The fraction of sp³-hybridized carbons (Fsp3) is 0. The van der Waals surface area contributed by atoms with Crippen LogP contribution in [0.5, 0.6) is 5.75 Å². The SMILES string of the molecule is Oc1ccn2nccnc12. The first kappa shape index (κ1) is 5.22. The Morgan fingerprint density at radius 2 is 2.30 bits per heavy atom. The van der Waals surface area contributed by atoms with Gasteiger partial charge in [0.2, 0.25) is 0 Å². The van der Waals surface area contributed by atoms with Crippen molar-refractivity contribution in [3.05, 3.63) is 24.7 Å². The summed E-state index contributed by atoms with van der Waals surface area (Å²) in [5.74, 6) is 0.160. The minimum Gasteiger partial charge on any atom is -0.504 e. The van der Waals surface area contributed by atoms with E-state index in [0.717, 1.165) is 0 Å². The minimum absolute atomic E-state index is 0.160. The number of fused-ring (bicyclic) bond motifs is 1. The van der Waals surface area contributed by atoms with Gasteiger partial charge in [0.05, 0.1) is 6.20 Å². The first-order chi connectivity index (χ1) is 4.88. The van der Waals surface area contributed by atoms with Crippen molar-refractivity contribution in [2.75, 3.05) is 0 Å². The Kier molecular flexibility index (Phi) is 0.887. The summed E-state index contributed by atoms with van der Waals surface area (Å²) in [6.07, 6.45) is 4.75. The second-order valence-corrected chi connectivity index (χ2v) is 1.91. The van der Waals surface area contributed by atoms with Crippen LogP contribution in [0.1, 0.15) is 0 Å². The van der Waals surface area contributed by atoms with Crippen molar-refractivity contribution in [1.29, 1.82) is 0 Å². The molecule has 0 saturated heterocycles. The quantitative estimate of drug-likeness (QED) is 0.570. The van der Waals surface area contributed by atoms with Crippen LogP contribution in [0.2, 0.25) is 0 Å². The molecule has 0 spiro atoms. The number of rotatable bonds is 0. The highest BCUT2D eigenvalue weighted by atomic mass is 16.3. The molecule has 0 radical (unpaired) electrons. The summed E-state index contributed by atoms with van der Waals surface area (Å²) in [4.78, 5) is 3.89. The van der Waals surface area contributed by atoms with Gasteiger partial charge >= 0.3 is 0 Å². The van der Waals surface area contributed by atoms with Crippen molar-refractivity contribution in [2.45, 2.75) is 0 Å². The first-order valence-corrected chi connectivity index (χ1v) is 2.85. The summed E-state index contributed by atoms with van der Waals surface area (Å²) in [5, 5.41) is 13.0. The molecule has 2 rings (SSSR count). The van der Waals surface area contributed by atoms with Crippen molar-refractivity contribution in [2.24, 2.45) is 0 Å². The van der Waals surface area contributed by atoms with Crippen LogP contribution < -0.4 is 0 Å². The molecular formula is C6H5N3O. The Morgan fingerprint density at radius 1 is 1.40 bits per heavy atom. The molecule has 50 valence electrons. The zero-order valence-electron chi connectivity index (χ0n) is 5.10. The summed E-state index contributed by atoms with van der Waals surface area (Å²) >= 11 is 0. The average molecular weight is 135 g/mol. The molecule has 0 amide bonds. The van der Waals surface area contributed by atoms with E-state index in [1.807, 2.05) is 0 Å². The van der Waals surface area contributed by atoms with Crippen molar-refractivity contribution < 1.29 is 5.11 Å². The normalized spacial score (nSPS) is 10.4. The Balaban J connectivity index is 2.93. The fourth-order valence-corrected chi connectivity index (χ4v) is 0.828. The highest BCUT2D eigenvalue weighted by Gasteiger charge is 1.98. The standard InChI is InChI=1S/C6H5N3O/c10-5-1-4-9-6(5)7-2-3-8-9/h1-4,10H. The van der Waals surface area contributed by atoms with Gasteiger partial charge in [0.25, 0.3) is 0 Å². The maximum absolute atomic E-state index is 9.09. The molecule has 0 aromatic carbocycles. The van der Waals surface area contributed by atoms with E-state index in [1.54, 1.807) is 18.5 Å². The second-order valence-electron chi connectivity index (χ2n) is 1.91. The summed E-state index contributed by atoms with van der Waals surface area (Å²) in [6, 6.07) is 1.55. The highest BCUT2D eigenvalue weighted by Crippen LogP contribution is 2.13. The minimum atomic E-state index is 0.160. The van der Waals surface area contributed by atoms with E-state index >= 15 is 0 Å². The Morgan fingerprint density at radius 3 is 3.10 bits per heavy atom. The van der Waals surface area contributed by atoms with Crippen LogP contribution in [0.15, 0.2) is 24.7 Å². The van der Waals surface area contributed by atoms with Crippen LogP contribution in [-0.4, -0.2) is 19.7 Å². The largest absolute Gasteiger partial charge is 0.504 e. The third kappa shape index (κ3) is 0.556. The lowest BCUT2D eigenvalue weighted by Gasteiger charge is -1.88. The van der Waals surface area contributed by atoms with Gasteiger partial charge in [-0.25, -0.2) is 9.50 Å². The lowest BCUT2D eigenvalue weighted by Crippen LogP contribution is -1.88. The third-order valence-corrected chi connectivity index (χ3v) is 1.27. The molecule has 2 heterocycles. The predicted molar refractivity (Wildman–Crippen MR) is 34.7 cm³/mol. The molecule has 2 aromatic rings. The topological polar surface area (TPSA) is 50.4 Å². The van der Waals surface area contributed by atoms with Crippen LogP contribution in [0.4, 0.5) is 0 Å². The first-order valence-electron chi connectivity index (χ1n) is 2.85. The molecule has 1 N–H and O–H groups in total. The molecule has 0 fully saturated rings. The Labute approximate surface area is 56.8 Å². The molecule has 4 heteroatoms. The summed E-state index contributed by atoms with van der Waals surface area (Å²) in [6.45, 7) is 0. The van der Waals surface area contributed by atoms with Crippen molar-refractivity contribution in [3.8, 4) is 5.75 Å². The molecule has 4 nitrogen and oxygen atoms in total. The number of hydrogen-bond donors (Lipinski definition) is 1. The summed E-state index contributed by atoms with van der Waals surface area (Å²) < 4.78 is 1.51. The number of aromatic nitrogens is 3. The summed E-state index contributed by atoms with van der Waals surface area (Å²) in [5.41, 5.74) is 0.488. The van der Waals surface area contributed by atoms with Gasteiger partial charge in [0, 0.05) is 18.5 Å². The van der Waals surface area contributed by atoms with Gasteiger partial charge < -0.3 is 5.11 Å². The average Bonchev–Trinajstić information content (AvgIpc) is 2.34. The third-order valence-electron chi connectivity index (χ3n) is 1.27. The van der Waals surface area contributed by atoms with Gasteiger partial charge in [0.1, 0.15) is 0 Å². The number of aromatic hydroxyl groups is 1. The van der Waals surface area contributed by atoms with Gasteiger partial charge in [-0.05, 0) is 0 Å². The van der Waals surface area contributed by atoms with Crippen LogP contribution in [-0.2, 0) is 0 Å². The van der Waals surface area contributed by atoms with E-state index in [2.05, 4.69) is 10.1 Å². The van der Waals surface area contributed by atoms with Crippen molar-refractivity contribution >= 4 is 5.65 Å². The van der Waals surface area contributed by atoms with Crippen molar-refractivity contribution in [3.63, 3.8) is 0 Å². The Hall–Kier alpha value is -1.58. The second kappa shape index (κ2) is 1.70. The van der Waals surface area contributed by atoms with Crippen molar-refractivity contribution in [1.82, 2.24) is 14.6 Å². The van der Waals surface area contributed by atoms with Gasteiger partial charge in [-0.2, -0.15) is 5.10 Å².